The Morgan fingerprint density at radius 3 is 1.59 bits per heavy atom. The van der Waals surface area contributed by atoms with Gasteiger partial charge in [-0.3, -0.25) is 71.9 Å². The van der Waals surface area contributed by atoms with E-state index >= 15 is 9.59 Å². The standard InChI is InChI=1S/C75H101N15O21S2/c1-36(2)24-51-65(99)78-33-59(93)81-50(22-23-60(94)95)66(100)84-52(25-37(3)4)71(105)89-62(38(5)6)74(108)86-55(29-44-32-77-49-21-14-12-19-47(44)49)69(103)88-58(73(107)90-63(40(8)91)75(109)110)35-113-112-34-57(87-70(104)56(30-61(96)97)80-41(9)92)72(106)79-39(7)64(98)82-54(28-43-31-76-48-20-13-11-18-46(43)48)68(102)85-53(67(101)83-51)27-42-16-15-17-45(26-42)111-10/h11-21,26,31-32,36-40,50-58,62-63,76-77,91H,22-25,27-30,33-35H2,1-10H3,(H,78,99)(H,79,106)(H,80,92)(H,81,93)(H,82,98)(H,83,101)(H,84,100)(H,85,102)(H,86,108)(H,87,104)(H,88,103)(H,89,105)(H,90,107)(H,94,95)(H,96,97)(H,109,110)/t39-,40+,50-,51-,52-,53-,54-,55-,56-,57-,58-,62?,63-/m0/s1. The zero-order valence-corrected chi connectivity index (χ0v) is 65.8. The van der Waals surface area contributed by atoms with E-state index in [0.29, 0.717) is 44.2 Å². The number of aromatic amines is 2. The number of carboxylic acids is 3. The predicted molar refractivity (Wildman–Crippen MR) is 415 cm³/mol. The maximum atomic E-state index is 15.2. The van der Waals surface area contributed by atoms with Gasteiger partial charge in [-0.15, -0.1) is 0 Å². The van der Waals surface area contributed by atoms with Crippen molar-refractivity contribution in [3.05, 3.63) is 102 Å². The van der Waals surface area contributed by atoms with E-state index < -0.39 is 217 Å². The molecule has 0 bridgehead atoms. The van der Waals surface area contributed by atoms with Crippen LogP contribution in [0.1, 0.15) is 111 Å². The Hall–Kier alpha value is -11.3. The number of nitrogens with one attached hydrogen (secondary N) is 15. The topological polar surface area (TPSA) is 551 Å². The summed E-state index contributed by atoms with van der Waals surface area (Å²) in [5.74, 6) is -20.1. The highest BCUT2D eigenvalue weighted by Crippen LogP contribution is 2.26. The van der Waals surface area contributed by atoms with Gasteiger partial charge in [0.05, 0.1) is 26.2 Å². The Balaban J connectivity index is 1.48. The van der Waals surface area contributed by atoms with Crippen LogP contribution >= 0.6 is 21.6 Å². The molecular formula is C75H101N15O21S2. The van der Waals surface area contributed by atoms with Gasteiger partial charge in [0.1, 0.15) is 72.2 Å². The summed E-state index contributed by atoms with van der Waals surface area (Å²) in [6.07, 6.45) is -1.84. The molecule has 0 saturated carbocycles. The number of H-pyrrole nitrogens is 2. The van der Waals surface area contributed by atoms with Gasteiger partial charge >= 0.3 is 17.9 Å². The predicted octanol–water partition coefficient (Wildman–Crippen LogP) is -0.393. The Morgan fingerprint density at radius 1 is 0.549 bits per heavy atom. The summed E-state index contributed by atoms with van der Waals surface area (Å²) < 4.78 is 5.45. The van der Waals surface area contributed by atoms with Gasteiger partial charge in [-0.25, -0.2) is 4.79 Å². The van der Waals surface area contributed by atoms with Crippen LogP contribution in [-0.2, 0) is 96.0 Å². The van der Waals surface area contributed by atoms with Crippen molar-refractivity contribution in [3.63, 3.8) is 0 Å². The highest BCUT2D eigenvalue weighted by molar-refractivity contribution is 8.76. The Bertz CT molecular complexity index is 4250. The van der Waals surface area contributed by atoms with Crippen molar-refractivity contribution >= 4 is 138 Å². The second-order valence-corrected chi connectivity index (χ2v) is 31.1. The van der Waals surface area contributed by atoms with Crippen LogP contribution in [-0.4, -0.2) is 229 Å². The van der Waals surface area contributed by atoms with Gasteiger partial charge in [-0.2, -0.15) is 0 Å². The van der Waals surface area contributed by atoms with Crippen LogP contribution < -0.4 is 73.9 Å². The van der Waals surface area contributed by atoms with Crippen molar-refractivity contribution in [2.75, 3.05) is 25.2 Å². The number of rotatable bonds is 24. The van der Waals surface area contributed by atoms with Crippen LogP contribution in [0.4, 0.5) is 0 Å². The van der Waals surface area contributed by atoms with Gasteiger partial charge < -0.3 is 104 Å². The molecule has 0 aliphatic carbocycles. The van der Waals surface area contributed by atoms with Crippen molar-refractivity contribution < 1.29 is 102 Å². The van der Waals surface area contributed by atoms with E-state index in [4.69, 9.17) is 4.74 Å². The third-order valence-corrected chi connectivity index (χ3v) is 20.4. The summed E-state index contributed by atoms with van der Waals surface area (Å²) in [7, 11) is 2.89. The fourth-order valence-electron chi connectivity index (χ4n) is 12.1. The van der Waals surface area contributed by atoms with Crippen LogP contribution in [0.15, 0.2) is 85.2 Å². The number of aliphatic carboxylic acids is 3. The molecule has 13 amide bonds. The molecule has 3 heterocycles. The number of benzene rings is 3. The van der Waals surface area contributed by atoms with Crippen molar-refractivity contribution in [3.8, 4) is 5.75 Å². The number of methoxy groups -OCH3 is 1. The van der Waals surface area contributed by atoms with Crippen molar-refractivity contribution in [1.29, 1.82) is 0 Å². The Labute approximate surface area is 658 Å². The molecule has 13 atom stereocenters. The number of ether oxygens (including phenoxy) is 1. The number of carbonyl (C=O) groups excluding carboxylic acids is 13. The lowest BCUT2D eigenvalue weighted by molar-refractivity contribution is -0.145. The largest absolute Gasteiger partial charge is 0.497 e. The summed E-state index contributed by atoms with van der Waals surface area (Å²) >= 11 is 0. The van der Waals surface area contributed by atoms with Gasteiger partial charge in [0.25, 0.3) is 0 Å². The third-order valence-electron chi connectivity index (χ3n) is 18.0. The normalized spacial score (nSPS) is 22.5. The number of aromatic nitrogens is 2. The van der Waals surface area contributed by atoms with E-state index in [2.05, 4.69) is 79.1 Å². The first-order valence-corrected chi connectivity index (χ1v) is 39.1. The fourth-order valence-corrected chi connectivity index (χ4v) is 14.5. The first-order valence-electron chi connectivity index (χ1n) is 36.6. The van der Waals surface area contributed by atoms with Crippen LogP contribution in [0.25, 0.3) is 21.8 Å². The minimum Gasteiger partial charge on any atom is -0.497 e. The van der Waals surface area contributed by atoms with Gasteiger partial charge in [0.15, 0.2) is 6.04 Å². The highest BCUT2D eigenvalue weighted by Gasteiger charge is 2.39. The molecule has 5 aromatic rings. The molecule has 1 saturated heterocycles. The summed E-state index contributed by atoms with van der Waals surface area (Å²) in [4.78, 5) is 230. The molecule has 1 aliphatic rings. The monoisotopic (exact) mass is 1610 g/mol. The quantitative estimate of drug-likeness (QED) is 0.0350. The smallest absolute Gasteiger partial charge is 0.328 e. The van der Waals surface area contributed by atoms with E-state index in [1.807, 2.05) is 0 Å². The number of hydrogen-bond donors (Lipinski definition) is 19. The average molecular weight is 1610 g/mol. The number of aliphatic hydroxyl groups excluding tert-OH is 1. The number of aliphatic hydroxyl groups is 1. The molecule has 113 heavy (non-hydrogen) atoms. The van der Waals surface area contributed by atoms with Crippen LogP contribution in [0.3, 0.4) is 0 Å². The number of para-hydroxylation sites is 2. The molecule has 614 valence electrons. The average Bonchev–Trinajstić information content (AvgIpc) is 1.72. The van der Waals surface area contributed by atoms with Gasteiger partial charge in [-0.1, -0.05) is 112 Å². The molecule has 36 nitrogen and oxygen atoms in total. The number of carbonyl (C=O) groups is 16. The van der Waals surface area contributed by atoms with Gasteiger partial charge in [-0.05, 0) is 91.8 Å². The maximum Gasteiger partial charge on any atom is 0.328 e. The summed E-state index contributed by atoms with van der Waals surface area (Å²) in [5, 5.41) is 74.2. The SMILES string of the molecule is COc1cccc(C[C@@H]2NC(=O)[C@H](Cc3c[nH]c4ccccc34)NC(=O)[C@H](C)NC(=O)[C@@H](NC(=O)[C@H](CC(=O)O)NC(C)=O)CSSC[C@@H](C(=O)N[C@H](C(=O)O)[C@@H](C)O)NC(=O)[C@H](Cc3c[nH]c4ccccc34)NC(=O)C(C(C)C)NC(=O)[C@H](CC(C)C)NC(=O)[C@H](CCC(=O)O)NC(=O)CNC(=O)[C@H](CC(C)C)NC2=O)c1. The van der Waals surface area contributed by atoms with Crippen molar-refractivity contribution in [2.45, 2.75) is 192 Å². The van der Waals surface area contributed by atoms with Crippen LogP contribution in [0.5, 0.6) is 5.75 Å². The molecule has 0 spiro atoms. The summed E-state index contributed by atoms with van der Waals surface area (Å²) in [6, 6.07) is 0.403. The molecule has 3 aromatic carbocycles. The lowest BCUT2D eigenvalue weighted by atomic mass is 9.98. The molecule has 38 heteroatoms. The molecular weight excluding hydrogens is 1510 g/mol. The Kier molecular flexibility index (Phi) is 34.9. The van der Waals surface area contributed by atoms with Gasteiger partial charge in [0.2, 0.25) is 76.8 Å². The molecule has 1 fully saturated rings. The van der Waals surface area contributed by atoms with Crippen LogP contribution in [0.2, 0.25) is 0 Å². The van der Waals surface area contributed by atoms with Crippen molar-refractivity contribution in [2.24, 2.45) is 17.8 Å². The molecule has 0 radical (unpaired) electrons. The summed E-state index contributed by atoms with van der Waals surface area (Å²) in [6.45, 7) is 12.4. The van der Waals surface area contributed by atoms with E-state index in [0.717, 1.165) is 35.4 Å². The fraction of sp³-hybridized carbons (Fsp3) is 0.493. The van der Waals surface area contributed by atoms with Crippen LogP contribution in [0, 0.1) is 17.8 Å². The first-order chi connectivity index (χ1) is 53.4. The second-order valence-electron chi connectivity index (χ2n) is 28.6. The van der Waals surface area contributed by atoms with Crippen molar-refractivity contribution in [1.82, 2.24) is 79.1 Å². The lowest BCUT2D eigenvalue weighted by Crippen LogP contribution is -2.61. The molecule has 19 N–H and O–H groups in total. The number of carboxylic acid groups (broad SMARTS) is 3. The molecule has 1 unspecified atom stereocenters. The minimum absolute atomic E-state index is 0.0629. The zero-order chi connectivity index (χ0) is 83.5. The number of fused-ring (bicyclic) bond motifs is 2. The number of hydrogen-bond acceptors (Lipinski definition) is 20. The Morgan fingerprint density at radius 2 is 1.06 bits per heavy atom. The van der Waals surface area contributed by atoms with E-state index in [1.54, 1.807) is 127 Å². The lowest BCUT2D eigenvalue weighted by Gasteiger charge is -2.29. The highest BCUT2D eigenvalue weighted by atomic mass is 33.1. The van der Waals surface area contributed by atoms with E-state index in [-0.39, 0.29) is 43.9 Å². The van der Waals surface area contributed by atoms with E-state index in [9.17, 15) is 87.5 Å². The maximum absolute atomic E-state index is 15.2. The van der Waals surface area contributed by atoms with E-state index in [1.165, 1.54) is 14.0 Å². The molecule has 6 rings (SSSR count). The summed E-state index contributed by atoms with van der Waals surface area (Å²) in [5.41, 5.74) is 2.61. The molecule has 1 aliphatic heterocycles. The second kappa shape index (κ2) is 43.5. The first kappa shape index (κ1) is 90.6. The third kappa shape index (κ3) is 28.5. The number of amides is 13. The van der Waals surface area contributed by atoms with Gasteiger partial charge in [0, 0.05) is 78.3 Å². The zero-order valence-electron chi connectivity index (χ0n) is 64.1. The molecule has 2 aromatic heterocycles. The minimum atomic E-state index is -1.97.